The van der Waals surface area contributed by atoms with Crippen molar-refractivity contribution >= 4 is 15.9 Å². The Hall–Kier alpha value is 0.400. The lowest BCUT2D eigenvalue weighted by atomic mass is 9.96. The fourth-order valence-corrected chi connectivity index (χ4v) is 2.01. The molecule has 0 N–H and O–H groups in total. The summed E-state index contributed by atoms with van der Waals surface area (Å²) in [7, 11) is 1.70. The molecule has 86 valence electrons. The number of hydrogen-bond donors (Lipinski definition) is 0. The van der Waals surface area contributed by atoms with Gasteiger partial charge in [0.25, 0.3) is 0 Å². The van der Waals surface area contributed by atoms with Crippen LogP contribution in [0, 0.1) is 11.8 Å². The van der Waals surface area contributed by atoms with Gasteiger partial charge in [-0.2, -0.15) is 0 Å². The standard InChI is InChI=1S/C11H23BrO2/c1-10(2)8-11(9-12)4-5-14-7-6-13-3/h10-11H,4-9H2,1-3H3. The Morgan fingerprint density at radius 3 is 2.36 bits per heavy atom. The van der Waals surface area contributed by atoms with Gasteiger partial charge in [-0.3, -0.25) is 0 Å². The van der Waals surface area contributed by atoms with E-state index in [1.807, 2.05) is 0 Å². The summed E-state index contributed by atoms with van der Waals surface area (Å²) in [5.41, 5.74) is 0. The van der Waals surface area contributed by atoms with Crippen molar-refractivity contribution in [1.29, 1.82) is 0 Å². The molecule has 1 atom stereocenters. The van der Waals surface area contributed by atoms with Gasteiger partial charge in [-0.05, 0) is 24.7 Å². The first-order valence-electron chi connectivity index (χ1n) is 5.33. The van der Waals surface area contributed by atoms with Gasteiger partial charge >= 0.3 is 0 Å². The first kappa shape index (κ1) is 14.4. The number of rotatable bonds is 9. The van der Waals surface area contributed by atoms with Gasteiger partial charge in [-0.1, -0.05) is 29.8 Å². The summed E-state index contributed by atoms with van der Waals surface area (Å²) < 4.78 is 10.3. The number of hydrogen-bond acceptors (Lipinski definition) is 2. The van der Waals surface area contributed by atoms with Gasteiger partial charge in [0.15, 0.2) is 0 Å². The van der Waals surface area contributed by atoms with Crippen molar-refractivity contribution in [2.45, 2.75) is 26.7 Å². The van der Waals surface area contributed by atoms with Crippen LogP contribution in [-0.4, -0.2) is 32.3 Å². The van der Waals surface area contributed by atoms with Crippen LogP contribution in [0.5, 0.6) is 0 Å². The number of alkyl halides is 1. The van der Waals surface area contributed by atoms with Crippen molar-refractivity contribution in [3.63, 3.8) is 0 Å². The van der Waals surface area contributed by atoms with Gasteiger partial charge in [0.2, 0.25) is 0 Å². The second-order valence-electron chi connectivity index (χ2n) is 4.04. The van der Waals surface area contributed by atoms with Crippen LogP contribution >= 0.6 is 15.9 Å². The largest absolute Gasteiger partial charge is 0.382 e. The number of methoxy groups -OCH3 is 1. The van der Waals surface area contributed by atoms with Crippen LogP contribution < -0.4 is 0 Å². The molecule has 0 rings (SSSR count). The summed E-state index contributed by atoms with van der Waals surface area (Å²) >= 11 is 3.55. The molecule has 0 radical (unpaired) electrons. The van der Waals surface area contributed by atoms with Crippen molar-refractivity contribution in [3.05, 3.63) is 0 Å². The lowest BCUT2D eigenvalue weighted by Crippen LogP contribution is -2.11. The molecule has 0 saturated carbocycles. The van der Waals surface area contributed by atoms with E-state index in [0.29, 0.717) is 13.2 Å². The van der Waals surface area contributed by atoms with Gasteiger partial charge in [0.05, 0.1) is 13.2 Å². The van der Waals surface area contributed by atoms with Crippen molar-refractivity contribution in [2.75, 3.05) is 32.3 Å². The second kappa shape index (κ2) is 9.94. The van der Waals surface area contributed by atoms with Crippen LogP contribution in [0.4, 0.5) is 0 Å². The van der Waals surface area contributed by atoms with Gasteiger partial charge in [0, 0.05) is 19.0 Å². The van der Waals surface area contributed by atoms with E-state index in [1.54, 1.807) is 7.11 Å². The fourth-order valence-electron chi connectivity index (χ4n) is 1.42. The summed E-state index contributed by atoms with van der Waals surface area (Å²) in [4.78, 5) is 0. The Balaban J connectivity index is 3.33. The molecule has 14 heavy (non-hydrogen) atoms. The lowest BCUT2D eigenvalue weighted by molar-refractivity contribution is 0.0638. The summed E-state index contributed by atoms with van der Waals surface area (Å²) in [6, 6.07) is 0. The second-order valence-corrected chi connectivity index (χ2v) is 4.69. The highest BCUT2D eigenvalue weighted by Crippen LogP contribution is 2.17. The van der Waals surface area contributed by atoms with E-state index >= 15 is 0 Å². The first-order valence-corrected chi connectivity index (χ1v) is 6.45. The molecule has 0 aromatic heterocycles. The molecule has 0 aromatic carbocycles. The Morgan fingerprint density at radius 1 is 1.14 bits per heavy atom. The third kappa shape index (κ3) is 8.97. The Labute approximate surface area is 96.5 Å². The molecule has 3 heteroatoms. The van der Waals surface area contributed by atoms with Gasteiger partial charge in [0.1, 0.15) is 0 Å². The third-order valence-electron chi connectivity index (χ3n) is 2.13. The topological polar surface area (TPSA) is 18.5 Å². The van der Waals surface area contributed by atoms with E-state index in [4.69, 9.17) is 9.47 Å². The summed E-state index contributed by atoms with van der Waals surface area (Å²) in [5.74, 6) is 1.52. The van der Waals surface area contributed by atoms with Crippen molar-refractivity contribution in [2.24, 2.45) is 11.8 Å². The number of ether oxygens (including phenoxy) is 2. The van der Waals surface area contributed by atoms with E-state index in [0.717, 1.165) is 30.2 Å². The summed E-state index contributed by atoms with van der Waals surface area (Å²) in [6.07, 6.45) is 2.42. The van der Waals surface area contributed by atoms with E-state index in [9.17, 15) is 0 Å². The molecule has 0 spiro atoms. The number of halogens is 1. The lowest BCUT2D eigenvalue weighted by Gasteiger charge is -2.16. The Bertz CT molecular complexity index is 118. The van der Waals surface area contributed by atoms with Gasteiger partial charge < -0.3 is 9.47 Å². The van der Waals surface area contributed by atoms with Crippen LogP contribution in [0.2, 0.25) is 0 Å². The van der Waals surface area contributed by atoms with Crippen LogP contribution in [-0.2, 0) is 9.47 Å². The highest BCUT2D eigenvalue weighted by molar-refractivity contribution is 9.09. The maximum atomic E-state index is 5.44. The molecule has 0 aliphatic heterocycles. The molecule has 1 unspecified atom stereocenters. The normalized spacial score (nSPS) is 13.5. The highest BCUT2D eigenvalue weighted by atomic mass is 79.9. The highest BCUT2D eigenvalue weighted by Gasteiger charge is 2.08. The zero-order chi connectivity index (χ0) is 10.8. The van der Waals surface area contributed by atoms with E-state index in [1.165, 1.54) is 6.42 Å². The smallest absolute Gasteiger partial charge is 0.0700 e. The maximum absolute atomic E-state index is 5.44. The van der Waals surface area contributed by atoms with Crippen molar-refractivity contribution in [1.82, 2.24) is 0 Å². The SMILES string of the molecule is COCCOCCC(CBr)CC(C)C. The minimum absolute atomic E-state index is 0.698. The summed E-state index contributed by atoms with van der Waals surface area (Å²) in [5, 5.41) is 1.08. The zero-order valence-electron chi connectivity index (χ0n) is 9.59. The predicted octanol–water partition coefficient (Wildman–Crippen LogP) is 3.10. The van der Waals surface area contributed by atoms with Gasteiger partial charge in [-0.25, -0.2) is 0 Å². The monoisotopic (exact) mass is 266 g/mol. The molecule has 0 saturated heterocycles. The molecule has 0 amide bonds. The average Bonchev–Trinajstić information content (AvgIpc) is 2.15. The minimum Gasteiger partial charge on any atom is -0.382 e. The summed E-state index contributed by atoms with van der Waals surface area (Å²) in [6.45, 7) is 6.80. The zero-order valence-corrected chi connectivity index (χ0v) is 11.2. The van der Waals surface area contributed by atoms with E-state index < -0.39 is 0 Å². The predicted molar refractivity (Wildman–Crippen MR) is 64.1 cm³/mol. The molecular weight excluding hydrogens is 244 g/mol. The molecule has 0 aromatic rings. The first-order chi connectivity index (χ1) is 6.70. The van der Waals surface area contributed by atoms with Crippen LogP contribution in [0.1, 0.15) is 26.7 Å². The van der Waals surface area contributed by atoms with Crippen molar-refractivity contribution in [3.8, 4) is 0 Å². The van der Waals surface area contributed by atoms with Crippen LogP contribution in [0.25, 0.3) is 0 Å². The molecular formula is C11H23BrO2. The third-order valence-corrected chi connectivity index (χ3v) is 3.04. The van der Waals surface area contributed by atoms with Crippen LogP contribution in [0.15, 0.2) is 0 Å². The van der Waals surface area contributed by atoms with Gasteiger partial charge in [-0.15, -0.1) is 0 Å². The maximum Gasteiger partial charge on any atom is 0.0700 e. The quantitative estimate of drug-likeness (QED) is 0.472. The molecule has 0 bridgehead atoms. The molecule has 0 aliphatic carbocycles. The fraction of sp³-hybridized carbons (Fsp3) is 1.00. The molecule has 2 nitrogen and oxygen atoms in total. The average molecular weight is 267 g/mol. The Morgan fingerprint density at radius 2 is 1.86 bits per heavy atom. The minimum atomic E-state index is 0.698. The molecule has 0 aliphatic rings. The van der Waals surface area contributed by atoms with Crippen molar-refractivity contribution < 1.29 is 9.47 Å². The Kier molecular flexibility index (Phi) is 10.2. The van der Waals surface area contributed by atoms with Crippen LogP contribution in [0.3, 0.4) is 0 Å². The van der Waals surface area contributed by atoms with E-state index in [2.05, 4.69) is 29.8 Å². The molecule has 0 fully saturated rings. The molecule has 0 heterocycles. The van der Waals surface area contributed by atoms with E-state index in [-0.39, 0.29) is 0 Å².